The van der Waals surface area contributed by atoms with Crippen molar-refractivity contribution < 1.29 is 23.5 Å². The Labute approximate surface area is 279 Å². The van der Waals surface area contributed by atoms with E-state index in [1.807, 2.05) is 6.07 Å². The standard InChI is InChI=1S/C32H32ClFN8O4S/c1-3-27(43)41-9-11-42(12-10-41)30-24(40-13-15-46-16-14-40)17-20(18-35-30)23-7-8-25(45-2)29(37-23)39-32-36-19-26(47-32)31(44)38-28-21(33)5-4-6-22(28)34/h3-8,17-19H,1,9-16H2,2H3,(H,38,44)(H,36,37,39). The van der Waals surface area contributed by atoms with Crippen LogP contribution in [0.1, 0.15) is 9.67 Å². The number of hydrogen-bond donors (Lipinski definition) is 2. The molecule has 0 aliphatic carbocycles. The number of carbonyl (C=O) groups is 2. The van der Waals surface area contributed by atoms with Crippen molar-refractivity contribution in [2.45, 2.75) is 0 Å². The molecular formula is C32H32ClFN8O4S. The minimum absolute atomic E-state index is 0.0684. The summed E-state index contributed by atoms with van der Waals surface area (Å²) in [5, 5.41) is 6.13. The number of carbonyl (C=O) groups excluding carboxylic acids is 2. The molecule has 2 aliphatic rings. The maximum Gasteiger partial charge on any atom is 0.267 e. The molecule has 244 valence electrons. The van der Waals surface area contributed by atoms with Crippen LogP contribution in [-0.2, 0) is 9.53 Å². The highest BCUT2D eigenvalue weighted by molar-refractivity contribution is 7.17. The SMILES string of the molecule is C=CC(=O)N1CCN(c2ncc(-c3ccc(OC)c(Nc4ncc(C(=O)Nc5c(F)cccc5Cl)s4)n3)cc2N2CCOCC2)CC1. The highest BCUT2D eigenvalue weighted by Gasteiger charge is 2.26. The van der Waals surface area contributed by atoms with Gasteiger partial charge >= 0.3 is 0 Å². The number of aromatic nitrogens is 3. The molecule has 5 heterocycles. The Morgan fingerprint density at radius 3 is 2.57 bits per heavy atom. The van der Waals surface area contributed by atoms with Crippen molar-refractivity contribution in [3.8, 4) is 17.0 Å². The molecule has 0 unspecified atom stereocenters. The van der Waals surface area contributed by atoms with Crippen LogP contribution in [0.2, 0.25) is 5.02 Å². The zero-order valence-electron chi connectivity index (χ0n) is 25.5. The van der Waals surface area contributed by atoms with Gasteiger partial charge in [-0.15, -0.1) is 0 Å². The molecule has 0 radical (unpaired) electrons. The number of methoxy groups -OCH3 is 1. The van der Waals surface area contributed by atoms with Crippen LogP contribution in [-0.4, -0.2) is 91.3 Å². The van der Waals surface area contributed by atoms with E-state index in [-0.39, 0.29) is 21.5 Å². The predicted molar refractivity (Wildman–Crippen MR) is 181 cm³/mol. The Balaban J connectivity index is 1.24. The van der Waals surface area contributed by atoms with Crippen LogP contribution >= 0.6 is 22.9 Å². The van der Waals surface area contributed by atoms with Gasteiger partial charge in [0.05, 0.1) is 48.6 Å². The number of piperazine rings is 1. The zero-order chi connectivity index (χ0) is 32.9. The van der Waals surface area contributed by atoms with Crippen molar-refractivity contribution in [2.75, 3.05) is 80.0 Å². The van der Waals surface area contributed by atoms with Crippen LogP contribution in [0.4, 0.5) is 32.5 Å². The van der Waals surface area contributed by atoms with E-state index in [9.17, 15) is 14.0 Å². The molecule has 2 N–H and O–H groups in total. The van der Waals surface area contributed by atoms with Gasteiger partial charge in [-0.3, -0.25) is 9.59 Å². The Kier molecular flexibility index (Phi) is 9.80. The number of ether oxygens (including phenoxy) is 2. The summed E-state index contributed by atoms with van der Waals surface area (Å²) in [4.78, 5) is 45.5. The molecule has 0 saturated carbocycles. The fourth-order valence-electron chi connectivity index (χ4n) is 5.33. The third kappa shape index (κ3) is 7.14. The minimum atomic E-state index is -0.638. The van der Waals surface area contributed by atoms with Crippen LogP contribution in [0.3, 0.4) is 0 Å². The second-order valence-corrected chi connectivity index (χ2v) is 12.1. The fourth-order valence-corrected chi connectivity index (χ4v) is 6.25. The molecule has 0 bridgehead atoms. The van der Waals surface area contributed by atoms with Crippen LogP contribution in [0.15, 0.2) is 61.4 Å². The lowest BCUT2D eigenvalue weighted by Gasteiger charge is -2.38. The Bertz CT molecular complexity index is 1770. The van der Waals surface area contributed by atoms with E-state index in [0.717, 1.165) is 41.5 Å². The summed E-state index contributed by atoms with van der Waals surface area (Å²) in [7, 11) is 1.54. The summed E-state index contributed by atoms with van der Waals surface area (Å²) in [5.74, 6) is 0.453. The lowest BCUT2D eigenvalue weighted by Crippen LogP contribution is -2.49. The Morgan fingerprint density at radius 2 is 1.85 bits per heavy atom. The number of halogens is 2. The van der Waals surface area contributed by atoms with Gasteiger partial charge in [-0.2, -0.15) is 0 Å². The number of rotatable bonds is 9. The summed E-state index contributed by atoms with van der Waals surface area (Å²) < 4.78 is 25.4. The molecule has 6 rings (SSSR count). The van der Waals surface area contributed by atoms with E-state index < -0.39 is 11.7 Å². The van der Waals surface area contributed by atoms with Gasteiger partial charge in [-0.25, -0.2) is 19.3 Å². The number of morpholine rings is 1. The maximum absolute atomic E-state index is 14.2. The van der Waals surface area contributed by atoms with Crippen LogP contribution in [0.25, 0.3) is 11.3 Å². The number of nitrogens with zero attached hydrogens (tertiary/aromatic N) is 6. The second kappa shape index (κ2) is 14.3. The number of pyridine rings is 2. The molecule has 2 amide bonds. The van der Waals surface area contributed by atoms with Gasteiger partial charge in [0, 0.05) is 51.0 Å². The topological polar surface area (TPSA) is 125 Å². The van der Waals surface area contributed by atoms with E-state index in [0.29, 0.717) is 61.8 Å². The molecule has 2 aliphatic heterocycles. The third-order valence-electron chi connectivity index (χ3n) is 7.79. The number of para-hydroxylation sites is 1. The number of hydrogen-bond acceptors (Lipinski definition) is 11. The van der Waals surface area contributed by atoms with Crippen molar-refractivity contribution >= 4 is 62.9 Å². The van der Waals surface area contributed by atoms with Gasteiger partial charge in [0.25, 0.3) is 5.91 Å². The van der Waals surface area contributed by atoms with Gasteiger partial charge in [0.1, 0.15) is 10.7 Å². The van der Waals surface area contributed by atoms with E-state index >= 15 is 0 Å². The first-order chi connectivity index (χ1) is 22.8. The maximum atomic E-state index is 14.2. The minimum Gasteiger partial charge on any atom is -0.493 e. The average Bonchev–Trinajstić information content (AvgIpc) is 3.58. The molecule has 3 aromatic heterocycles. The monoisotopic (exact) mass is 678 g/mol. The first-order valence-electron chi connectivity index (χ1n) is 14.9. The number of thiazole rings is 1. The van der Waals surface area contributed by atoms with Crippen molar-refractivity contribution in [2.24, 2.45) is 0 Å². The molecule has 0 atom stereocenters. The van der Waals surface area contributed by atoms with Crippen molar-refractivity contribution in [1.29, 1.82) is 0 Å². The number of nitrogens with one attached hydrogen (secondary N) is 2. The summed E-state index contributed by atoms with van der Waals surface area (Å²) >= 11 is 7.13. The lowest BCUT2D eigenvalue weighted by atomic mass is 10.1. The zero-order valence-corrected chi connectivity index (χ0v) is 27.1. The first kappa shape index (κ1) is 32.2. The van der Waals surface area contributed by atoms with Crippen molar-refractivity contribution in [3.05, 3.63) is 77.2 Å². The molecule has 1 aromatic carbocycles. The van der Waals surface area contributed by atoms with E-state index in [4.69, 9.17) is 31.0 Å². The molecule has 0 spiro atoms. The van der Waals surface area contributed by atoms with Crippen molar-refractivity contribution in [1.82, 2.24) is 19.9 Å². The average molecular weight is 679 g/mol. The normalized spacial score (nSPS) is 14.9. The number of amides is 2. The summed E-state index contributed by atoms with van der Waals surface area (Å²) in [6.07, 6.45) is 4.53. The summed E-state index contributed by atoms with van der Waals surface area (Å²) in [5.41, 5.74) is 2.31. The smallest absolute Gasteiger partial charge is 0.267 e. The van der Waals surface area contributed by atoms with Gasteiger partial charge in [-0.1, -0.05) is 35.6 Å². The second-order valence-electron chi connectivity index (χ2n) is 10.6. The van der Waals surface area contributed by atoms with Gasteiger partial charge < -0.3 is 34.8 Å². The van der Waals surface area contributed by atoms with E-state index in [1.54, 1.807) is 17.2 Å². The van der Waals surface area contributed by atoms with E-state index in [2.05, 4.69) is 38.1 Å². The first-order valence-corrected chi connectivity index (χ1v) is 16.1. The van der Waals surface area contributed by atoms with E-state index in [1.165, 1.54) is 37.6 Å². The summed E-state index contributed by atoms with van der Waals surface area (Å²) in [6.45, 7) is 8.75. The highest BCUT2D eigenvalue weighted by Crippen LogP contribution is 2.36. The molecule has 12 nitrogen and oxygen atoms in total. The van der Waals surface area contributed by atoms with Crippen LogP contribution < -0.4 is 25.2 Å². The van der Waals surface area contributed by atoms with Crippen LogP contribution in [0, 0.1) is 5.82 Å². The molecule has 47 heavy (non-hydrogen) atoms. The largest absolute Gasteiger partial charge is 0.493 e. The van der Waals surface area contributed by atoms with Crippen LogP contribution in [0.5, 0.6) is 5.75 Å². The number of benzene rings is 1. The quantitative estimate of drug-likeness (QED) is 0.232. The number of anilines is 5. The van der Waals surface area contributed by atoms with Crippen molar-refractivity contribution in [3.63, 3.8) is 0 Å². The van der Waals surface area contributed by atoms with Gasteiger partial charge in [0.2, 0.25) is 5.91 Å². The van der Waals surface area contributed by atoms with Gasteiger partial charge in [-0.05, 0) is 36.4 Å². The third-order valence-corrected chi connectivity index (χ3v) is 9.02. The highest BCUT2D eigenvalue weighted by atomic mass is 35.5. The summed E-state index contributed by atoms with van der Waals surface area (Å²) in [6, 6.07) is 9.89. The lowest BCUT2D eigenvalue weighted by molar-refractivity contribution is -0.126. The molecule has 15 heteroatoms. The predicted octanol–water partition coefficient (Wildman–Crippen LogP) is 5.07. The molecular weight excluding hydrogens is 647 g/mol. The molecule has 4 aromatic rings. The molecule has 2 saturated heterocycles. The molecule has 2 fully saturated rings. The Hall–Kier alpha value is -4.79. The Morgan fingerprint density at radius 1 is 1.06 bits per heavy atom. The fraction of sp³-hybridized carbons (Fsp3) is 0.281. The van der Waals surface area contributed by atoms with Gasteiger partial charge in [0.15, 0.2) is 22.5 Å².